The molecule has 94 valence electrons. The second-order valence-electron chi connectivity index (χ2n) is 3.80. The first kappa shape index (κ1) is 12.7. The van der Waals surface area contributed by atoms with E-state index < -0.39 is 5.97 Å². The molecule has 0 unspecified atom stereocenters. The van der Waals surface area contributed by atoms with E-state index in [1.807, 2.05) is 0 Å². The summed E-state index contributed by atoms with van der Waals surface area (Å²) in [6, 6.07) is 4.13. The number of carboxylic acids is 1. The van der Waals surface area contributed by atoms with Crippen molar-refractivity contribution < 1.29 is 9.90 Å². The molecule has 0 amide bonds. The number of carbonyl (C=O) groups is 1. The summed E-state index contributed by atoms with van der Waals surface area (Å²) in [7, 11) is 0. The van der Waals surface area contributed by atoms with E-state index in [0.717, 1.165) is 0 Å². The van der Waals surface area contributed by atoms with E-state index in [1.165, 1.54) is 22.3 Å². The monoisotopic (exact) mass is 263 g/mol. The highest BCUT2D eigenvalue weighted by molar-refractivity contribution is 7.11. The molecule has 2 aromatic heterocycles. The number of hydrogen-bond acceptors (Lipinski definition) is 5. The van der Waals surface area contributed by atoms with Crippen molar-refractivity contribution in [1.29, 1.82) is 0 Å². The van der Waals surface area contributed by atoms with Crippen LogP contribution < -0.4 is 5.32 Å². The third-order valence-electron chi connectivity index (χ3n) is 2.41. The Hall–Kier alpha value is -1.79. The maximum absolute atomic E-state index is 11.0. The topological polar surface area (TPSA) is 75.1 Å². The predicted molar refractivity (Wildman–Crippen MR) is 68.6 cm³/mol. The molecule has 2 aromatic rings. The van der Waals surface area contributed by atoms with Crippen LogP contribution in [-0.2, 0) is 13.1 Å². The molecule has 0 aromatic carbocycles. The third kappa shape index (κ3) is 3.12. The summed E-state index contributed by atoms with van der Waals surface area (Å²) in [4.78, 5) is 21.1. The molecule has 2 rings (SSSR count). The summed E-state index contributed by atoms with van der Waals surface area (Å²) < 4.78 is 0. The lowest BCUT2D eigenvalue weighted by molar-refractivity contribution is 0.0694. The van der Waals surface area contributed by atoms with Gasteiger partial charge in [0.2, 0.25) is 0 Å². The van der Waals surface area contributed by atoms with Gasteiger partial charge in [0.05, 0.1) is 5.69 Å². The van der Waals surface area contributed by atoms with Gasteiger partial charge < -0.3 is 10.4 Å². The van der Waals surface area contributed by atoms with E-state index >= 15 is 0 Å². The standard InChI is InChI=1S/C12H13N3O2S/c1-8-2-3-9(18-8)4-13-6-11-10(12(16)17)5-14-7-15-11/h2-3,5,7,13H,4,6H2,1H3,(H,16,17). The van der Waals surface area contributed by atoms with Crippen LogP contribution in [0.4, 0.5) is 0 Å². The molecule has 0 saturated heterocycles. The molecule has 0 spiro atoms. The summed E-state index contributed by atoms with van der Waals surface area (Å²) in [5, 5.41) is 12.2. The Bertz CT molecular complexity index is 554. The van der Waals surface area contributed by atoms with Crippen LogP contribution >= 0.6 is 11.3 Å². The molecule has 2 heterocycles. The Kier molecular flexibility index (Phi) is 4.01. The Balaban J connectivity index is 1.96. The molecule has 0 aliphatic carbocycles. The first-order chi connectivity index (χ1) is 8.66. The van der Waals surface area contributed by atoms with Crippen LogP contribution in [0.1, 0.15) is 25.8 Å². The zero-order valence-electron chi connectivity index (χ0n) is 9.88. The van der Waals surface area contributed by atoms with Gasteiger partial charge in [-0.3, -0.25) is 0 Å². The van der Waals surface area contributed by atoms with Gasteiger partial charge in [-0.1, -0.05) is 0 Å². The SMILES string of the molecule is Cc1ccc(CNCc2ncncc2C(=O)O)s1. The number of aromatic nitrogens is 2. The number of thiophene rings is 1. The normalized spacial score (nSPS) is 10.5. The largest absolute Gasteiger partial charge is 0.478 e. The van der Waals surface area contributed by atoms with Crippen molar-refractivity contribution in [2.24, 2.45) is 0 Å². The van der Waals surface area contributed by atoms with Gasteiger partial charge in [-0.05, 0) is 19.1 Å². The van der Waals surface area contributed by atoms with Crippen LogP contribution in [0.2, 0.25) is 0 Å². The van der Waals surface area contributed by atoms with Crippen molar-refractivity contribution in [3.8, 4) is 0 Å². The summed E-state index contributed by atoms with van der Waals surface area (Å²) >= 11 is 1.72. The van der Waals surface area contributed by atoms with Gasteiger partial charge in [0.1, 0.15) is 11.9 Å². The van der Waals surface area contributed by atoms with Crippen molar-refractivity contribution in [3.05, 3.63) is 45.7 Å². The van der Waals surface area contributed by atoms with Crippen LogP contribution in [0, 0.1) is 6.92 Å². The minimum Gasteiger partial charge on any atom is -0.478 e. The number of hydrogen-bond donors (Lipinski definition) is 2. The van der Waals surface area contributed by atoms with E-state index in [1.54, 1.807) is 11.3 Å². The predicted octanol–water partition coefficient (Wildman–Crippen LogP) is 1.83. The molecule has 0 bridgehead atoms. The van der Waals surface area contributed by atoms with Gasteiger partial charge in [0.25, 0.3) is 0 Å². The summed E-state index contributed by atoms with van der Waals surface area (Å²) in [5.41, 5.74) is 0.651. The molecule has 6 heteroatoms. The lowest BCUT2D eigenvalue weighted by Gasteiger charge is -2.05. The fourth-order valence-corrected chi connectivity index (χ4v) is 2.42. The number of aromatic carboxylic acids is 1. The molecule has 0 fully saturated rings. The van der Waals surface area contributed by atoms with E-state index in [0.29, 0.717) is 18.8 Å². The Morgan fingerprint density at radius 1 is 1.44 bits per heavy atom. The summed E-state index contributed by atoms with van der Waals surface area (Å²) in [6.07, 6.45) is 2.68. The van der Waals surface area contributed by atoms with Crippen LogP contribution in [0.15, 0.2) is 24.7 Å². The maximum Gasteiger partial charge on any atom is 0.339 e. The minimum atomic E-state index is -1.00. The Labute approximate surface area is 109 Å². The average molecular weight is 263 g/mol. The molecule has 0 aliphatic rings. The zero-order chi connectivity index (χ0) is 13.0. The van der Waals surface area contributed by atoms with E-state index in [4.69, 9.17) is 5.11 Å². The molecule has 5 nitrogen and oxygen atoms in total. The fourth-order valence-electron chi connectivity index (χ4n) is 1.56. The third-order valence-corrected chi connectivity index (χ3v) is 3.41. The number of nitrogens with one attached hydrogen (secondary N) is 1. The number of nitrogens with zero attached hydrogens (tertiary/aromatic N) is 2. The lowest BCUT2D eigenvalue weighted by Crippen LogP contribution is -2.16. The van der Waals surface area contributed by atoms with Crippen LogP contribution in [-0.4, -0.2) is 21.0 Å². The molecule has 2 N–H and O–H groups in total. The Morgan fingerprint density at radius 3 is 2.94 bits per heavy atom. The van der Waals surface area contributed by atoms with E-state index in [2.05, 4.69) is 34.3 Å². The first-order valence-corrected chi connectivity index (χ1v) is 6.26. The van der Waals surface area contributed by atoms with Crippen molar-refractivity contribution in [3.63, 3.8) is 0 Å². The zero-order valence-corrected chi connectivity index (χ0v) is 10.7. The number of carboxylic acid groups (broad SMARTS) is 1. The quantitative estimate of drug-likeness (QED) is 0.860. The highest BCUT2D eigenvalue weighted by Gasteiger charge is 2.10. The van der Waals surface area contributed by atoms with Gasteiger partial charge in [0, 0.05) is 29.0 Å². The van der Waals surface area contributed by atoms with Gasteiger partial charge in [-0.2, -0.15) is 0 Å². The summed E-state index contributed by atoms with van der Waals surface area (Å²) in [5.74, 6) is -1.00. The van der Waals surface area contributed by atoms with Crippen molar-refractivity contribution in [2.75, 3.05) is 0 Å². The first-order valence-electron chi connectivity index (χ1n) is 5.45. The van der Waals surface area contributed by atoms with E-state index in [-0.39, 0.29) is 5.56 Å². The minimum absolute atomic E-state index is 0.146. The number of aryl methyl sites for hydroxylation is 1. The van der Waals surface area contributed by atoms with Gasteiger partial charge in [0.15, 0.2) is 0 Å². The smallest absolute Gasteiger partial charge is 0.339 e. The molecule has 0 saturated carbocycles. The van der Waals surface area contributed by atoms with E-state index in [9.17, 15) is 4.79 Å². The van der Waals surface area contributed by atoms with Crippen molar-refractivity contribution in [2.45, 2.75) is 20.0 Å². The Morgan fingerprint density at radius 2 is 2.28 bits per heavy atom. The molecule has 0 aliphatic heterocycles. The molecular weight excluding hydrogens is 250 g/mol. The molecular formula is C12H13N3O2S. The number of rotatable bonds is 5. The van der Waals surface area contributed by atoms with Gasteiger partial charge >= 0.3 is 5.97 Å². The highest BCUT2D eigenvalue weighted by atomic mass is 32.1. The van der Waals surface area contributed by atoms with Crippen LogP contribution in [0.25, 0.3) is 0 Å². The highest BCUT2D eigenvalue weighted by Crippen LogP contribution is 2.14. The molecule has 0 atom stereocenters. The maximum atomic E-state index is 11.0. The van der Waals surface area contributed by atoms with Gasteiger partial charge in [-0.15, -0.1) is 11.3 Å². The second-order valence-corrected chi connectivity index (χ2v) is 5.18. The van der Waals surface area contributed by atoms with Gasteiger partial charge in [-0.25, -0.2) is 14.8 Å². The molecule has 0 radical (unpaired) electrons. The fraction of sp³-hybridized carbons (Fsp3) is 0.250. The van der Waals surface area contributed by atoms with Crippen molar-refractivity contribution >= 4 is 17.3 Å². The van der Waals surface area contributed by atoms with Crippen molar-refractivity contribution in [1.82, 2.24) is 15.3 Å². The molecule has 18 heavy (non-hydrogen) atoms. The summed E-state index contributed by atoms with van der Waals surface area (Å²) in [6.45, 7) is 3.18. The van der Waals surface area contributed by atoms with Crippen LogP contribution in [0.3, 0.4) is 0 Å². The average Bonchev–Trinajstić information content (AvgIpc) is 2.75. The van der Waals surface area contributed by atoms with Crippen LogP contribution in [0.5, 0.6) is 0 Å². The lowest BCUT2D eigenvalue weighted by atomic mass is 10.2. The second kappa shape index (κ2) is 5.70.